The van der Waals surface area contributed by atoms with E-state index in [0.29, 0.717) is 0 Å². The van der Waals surface area contributed by atoms with Gasteiger partial charge in [-0.25, -0.2) is 0 Å². The molecule has 0 radical (unpaired) electrons. The molecule has 2 nitrogen and oxygen atoms in total. The summed E-state index contributed by atoms with van der Waals surface area (Å²) >= 11 is 5.68. The van der Waals surface area contributed by atoms with E-state index in [2.05, 4.69) is 5.32 Å². The van der Waals surface area contributed by atoms with E-state index in [9.17, 15) is 13.2 Å². The maximum atomic E-state index is 13.1. The lowest BCUT2D eigenvalue weighted by Crippen LogP contribution is -2.34. The van der Waals surface area contributed by atoms with Gasteiger partial charge in [-0.15, -0.1) is 0 Å². The third kappa shape index (κ3) is 4.04. The summed E-state index contributed by atoms with van der Waals surface area (Å²) in [6, 6.07) is 3.65. The van der Waals surface area contributed by atoms with Gasteiger partial charge in [0, 0.05) is 17.5 Å². The minimum atomic E-state index is -4.48. The number of hydrogen-bond donors (Lipinski definition) is 1. The van der Waals surface area contributed by atoms with Crippen LogP contribution in [-0.2, 0) is 6.18 Å². The first kappa shape index (κ1) is 16.4. The van der Waals surface area contributed by atoms with E-state index in [1.807, 2.05) is 13.8 Å². The molecule has 21 heavy (non-hydrogen) atoms. The van der Waals surface area contributed by atoms with Gasteiger partial charge in [-0.05, 0) is 37.1 Å². The molecule has 2 atom stereocenters. The standard InChI is InChI=1S/C15H19ClF3NO/c1-9(2)14(10-5-6-20-8-10)21-13-4-3-11(16)7-12(13)15(17,18)19/h3-4,7,9-10,14,20H,5-6,8H2,1-2H3/t10?,14-/m1/s1. The predicted octanol–water partition coefficient (Wildman–Crippen LogP) is 4.37. The molecule has 1 N–H and O–H groups in total. The van der Waals surface area contributed by atoms with E-state index in [-0.39, 0.29) is 28.7 Å². The fourth-order valence-corrected chi connectivity index (χ4v) is 2.88. The maximum Gasteiger partial charge on any atom is 0.420 e. The molecule has 1 unspecified atom stereocenters. The van der Waals surface area contributed by atoms with Crippen molar-refractivity contribution in [1.82, 2.24) is 5.32 Å². The van der Waals surface area contributed by atoms with E-state index in [1.54, 1.807) is 0 Å². The normalized spacial score (nSPS) is 20.8. The van der Waals surface area contributed by atoms with E-state index >= 15 is 0 Å². The van der Waals surface area contributed by atoms with Crippen LogP contribution in [0.4, 0.5) is 13.2 Å². The summed E-state index contributed by atoms with van der Waals surface area (Å²) in [6.07, 6.45) is -3.81. The summed E-state index contributed by atoms with van der Waals surface area (Å²) in [6.45, 7) is 5.58. The van der Waals surface area contributed by atoms with Crippen LogP contribution < -0.4 is 10.1 Å². The zero-order valence-electron chi connectivity index (χ0n) is 12.0. The molecule has 0 saturated carbocycles. The lowest BCUT2D eigenvalue weighted by molar-refractivity contribution is -0.139. The molecule has 1 saturated heterocycles. The number of hydrogen-bond acceptors (Lipinski definition) is 2. The van der Waals surface area contributed by atoms with Crippen molar-refractivity contribution in [2.75, 3.05) is 13.1 Å². The highest BCUT2D eigenvalue weighted by atomic mass is 35.5. The number of nitrogens with one attached hydrogen (secondary N) is 1. The third-order valence-electron chi connectivity index (χ3n) is 3.73. The van der Waals surface area contributed by atoms with E-state index in [4.69, 9.17) is 16.3 Å². The third-order valence-corrected chi connectivity index (χ3v) is 3.97. The molecule has 0 bridgehead atoms. The number of alkyl halides is 3. The van der Waals surface area contributed by atoms with Crippen LogP contribution in [0.5, 0.6) is 5.75 Å². The fraction of sp³-hybridized carbons (Fsp3) is 0.600. The van der Waals surface area contributed by atoms with Crippen LogP contribution in [0.25, 0.3) is 0 Å². The molecule has 1 aromatic carbocycles. The highest BCUT2D eigenvalue weighted by molar-refractivity contribution is 6.30. The van der Waals surface area contributed by atoms with Crippen molar-refractivity contribution in [3.63, 3.8) is 0 Å². The maximum absolute atomic E-state index is 13.1. The average Bonchev–Trinajstić information content (AvgIpc) is 2.89. The molecule has 0 spiro atoms. The first-order valence-electron chi connectivity index (χ1n) is 7.03. The van der Waals surface area contributed by atoms with Crippen LogP contribution in [0, 0.1) is 11.8 Å². The summed E-state index contributed by atoms with van der Waals surface area (Å²) < 4.78 is 45.1. The molecule has 118 valence electrons. The Bertz CT molecular complexity index is 484. The zero-order valence-corrected chi connectivity index (χ0v) is 12.8. The Hall–Kier alpha value is -0.940. The van der Waals surface area contributed by atoms with Gasteiger partial charge in [0.25, 0.3) is 0 Å². The molecular weight excluding hydrogens is 303 g/mol. The first-order valence-corrected chi connectivity index (χ1v) is 7.41. The van der Waals surface area contributed by atoms with Crippen LogP contribution >= 0.6 is 11.6 Å². The summed E-state index contributed by atoms with van der Waals surface area (Å²) in [4.78, 5) is 0. The molecule has 1 aliphatic heterocycles. The van der Waals surface area contributed by atoms with Crippen molar-refractivity contribution in [1.29, 1.82) is 0 Å². The monoisotopic (exact) mass is 321 g/mol. The van der Waals surface area contributed by atoms with Crippen molar-refractivity contribution in [2.45, 2.75) is 32.5 Å². The van der Waals surface area contributed by atoms with Crippen molar-refractivity contribution in [3.8, 4) is 5.75 Å². The molecule has 0 aliphatic carbocycles. The Balaban J connectivity index is 2.28. The van der Waals surface area contributed by atoms with Gasteiger partial charge in [0.2, 0.25) is 0 Å². The van der Waals surface area contributed by atoms with Gasteiger partial charge >= 0.3 is 6.18 Å². The van der Waals surface area contributed by atoms with Crippen molar-refractivity contribution in [2.24, 2.45) is 11.8 Å². The summed E-state index contributed by atoms with van der Waals surface area (Å²) in [5, 5.41) is 3.28. The Morgan fingerprint density at radius 1 is 1.33 bits per heavy atom. The van der Waals surface area contributed by atoms with Gasteiger partial charge in [0.15, 0.2) is 0 Å². The molecule has 1 aliphatic rings. The van der Waals surface area contributed by atoms with Gasteiger partial charge < -0.3 is 10.1 Å². The molecule has 0 amide bonds. The molecule has 2 rings (SSSR count). The zero-order chi connectivity index (χ0) is 15.6. The summed E-state index contributed by atoms with van der Waals surface area (Å²) in [7, 11) is 0. The Labute approximate surface area is 127 Å². The Morgan fingerprint density at radius 3 is 2.57 bits per heavy atom. The van der Waals surface area contributed by atoms with Crippen LogP contribution in [0.1, 0.15) is 25.8 Å². The fourth-order valence-electron chi connectivity index (χ4n) is 2.71. The second kappa shape index (κ2) is 6.44. The topological polar surface area (TPSA) is 21.3 Å². The van der Waals surface area contributed by atoms with Gasteiger partial charge in [0.05, 0.1) is 5.56 Å². The van der Waals surface area contributed by atoms with Crippen LogP contribution in [-0.4, -0.2) is 19.2 Å². The minimum Gasteiger partial charge on any atom is -0.489 e. The van der Waals surface area contributed by atoms with E-state index in [0.717, 1.165) is 25.6 Å². The Kier molecular flexibility index (Phi) is 5.04. The highest BCUT2D eigenvalue weighted by Gasteiger charge is 2.37. The van der Waals surface area contributed by atoms with Gasteiger partial charge in [-0.3, -0.25) is 0 Å². The second-order valence-electron chi connectivity index (χ2n) is 5.72. The molecule has 1 aromatic rings. The van der Waals surface area contributed by atoms with E-state index < -0.39 is 11.7 Å². The first-order chi connectivity index (χ1) is 9.79. The second-order valence-corrected chi connectivity index (χ2v) is 6.15. The van der Waals surface area contributed by atoms with Crippen molar-refractivity contribution in [3.05, 3.63) is 28.8 Å². The smallest absolute Gasteiger partial charge is 0.420 e. The molecule has 6 heteroatoms. The number of rotatable bonds is 4. The molecule has 0 aromatic heterocycles. The molecule has 1 fully saturated rings. The lowest BCUT2D eigenvalue weighted by Gasteiger charge is -2.29. The van der Waals surface area contributed by atoms with Crippen molar-refractivity contribution >= 4 is 11.6 Å². The minimum absolute atomic E-state index is 0.0540. The van der Waals surface area contributed by atoms with E-state index in [1.165, 1.54) is 12.1 Å². The van der Waals surface area contributed by atoms with Crippen LogP contribution in [0.2, 0.25) is 5.02 Å². The summed E-state index contributed by atoms with van der Waals surface area (Å²) in [5.74, 6) is 0.214. The summed E-state index contributed by atoms with van der Waals surface area (Å²) in [5.41, 5.74) is -0.813. The van der Waals surface area contributed by atoms with Crippen molar-refractivity contribution < 1.29 is 17.9 Å². The molecular formula is C15H19ClF3NO. The molecule has 1 heterocycles. The average molecular weight is 322 g/mol. The van der Waals surface area contributed by atoms with Gasteiger partial charge in [-0.2, -0.15) is 13.2 Å². The SMILES string of the molecule is CC(C)[C@@H](Oc1ccc(Cl)cc1C(F)(F)F)C1CCNC1. The van der Waals surface area contributed by atoms with Gasteiger partial charge in [0.1, 0.15) is 11.9 Å². The number of benzene rings is 1. The Morgan fingerprint density at radius 2 is 2.05 bits per heavy atom. The van der Waals surface area contributed by atoms with Crippen LogP contribution in [0.3, 0.4) is 0 Å². The number of ether oxygens (including phenoxy) is 1. The van der Waals surface area contributed by atoms with Crippen LogP contribution in [0.15, 0.2) is 18.2 Å². The largest absolute Gasteiger partial charge is 0.489 e. The number of halogens is 4. The highest BCUT2D eigenvalue weighted by Crippen LogP contribution is 2.39. The quantitative estimate of drug-likeness (QED) is 0.889. The van der Waals surface area contributed by atoms with Gasteiger partial charge in [-0.1, -0.05) is 25.4 Å². The predicted molar refractivity (Wildman–Crippen MR) is 76.7 cm³/mol. The lowest BCUT2D eigenvalue weighted by atomic mass is 9.92.